The normalized spacial score (nSPS) is 16.2. The van der Waals surface area contributed by atoms with Gasteiger partial charge in [-0.1, -0.05) is 22.9 Å². The lowest BCUT2D eigenvalue weighted by atomic mass is 10.2. The second-order valence-corrected chi connectivity index (χ2v) is 6.21. The zero-order chi connectivity index (χ0) is 18.0. The van der Waals surface area contributed by atoms with E-state index in [-0.39, 0.29) is 24.9 Å². The van der Waals surface area contributed by atoms with E-state index in [4.69, 9.17) is 0 Å². The minimum atomic E-state index is -0.733. The van der Waals surface area contributed by atoms with Crippen LogP contribution in [0, 0.1) is 6.92 Å². The average Bonchev–Trinajstić information content (AvgIpc) is 3.04. The predicted octanol–water partition coefficient (Wildman–Crippen LogP) is 0.515. The maximum Gasteiger partial charge on any atom is 0.246 e. The van der Waals surface area contributed by atoms with E-state index >= 15 is 0 Å². The van der Waals surface area contributed by atoms with Gasteiger partial charge in [0.15, 0.2) is 0 Å². The number of hydrogen-bond donors (Lipinski definition) is 1. The molecule has 0 aliphatic carbocycles. The van der Waals surface area contributed by atoms with Gasteiger partial charge < -0.3 is 14.9 Å². The number of aliphatic hydroxyl groups excluding tert-OH is 1. The Kier molecular flexibility index (Phi) is 4.80. The first-order chi connectivity index (χ1) is 11.9. The van der Waals surface area contributed by atoms with E-state index in [0.29, 0.717) is 18.8 Å². The van der Waals surface area contributed by atoms with Crippen molar-refractivity contribution in [2.75, 3.05) is 24.5 Å². The molecule has 1 aromatic carbocycles. The molecule has 1 fully saturated rings. The third-order valence-electron chi connectivity index (χ3n) is 4.20. The van der Waals surface area contributed by atoms with Crippen LogP contribution in [0.3, 0.4) is 0 Å². The van der Waals surface area contributed by atoms with Gasteiger partial charge in [-0.3, -0.25) is 9.59 Å². The molecule has 1 saturated heterocycles. The number of aromatic nitrogens is 3. The molecule has 0 spiro atoms. The lowest BCUT2D eigenvalue weighted by Gasteiger charge is -2.34. The van der Waals surface area contributed by atoms with Crippen LogP contribution in [0.25, 0.3) is 0 Å². The molecular weight excluding hydrogens is 322 g/mol. The summed E-state index contributed by atoms with van der Waals surface area (Å²) in [5, 5.41) is 17.1. The largest absolute Gasteiger partial charge is 0.387 e. The van der Waals surface area contributed by atoms with Gasteiger partial charge in [-0.2, -0.15) is 0 Å². The highest BCUT2D eigenvalue weighted by Gasteiger charge is 2.28. The number of benzene rings is 1. The number of hydrogen-bond acceptors (Lipinski definition) is 5. The van der Waals surface area contributed by atoms with E-state index in [1.807, 2.05) is 31.2 Å². The molecule has 1 N–H and O–H groups in total. The molecule has 0 saturated carbocycles. The van der Waals surface area contributed by atoms with Crippen LogP contribution in [0.15, 0.2) is 30.5 Å². The van der Waals surface area contributed by atoms with E-state index in [1.165, 1.54) is 15.8 Å². The first kappa shape index (κ1) is 17.1. The fourth-order valence-corrected chi connectivity index (χ4v) is 2.70. The summed E-state index contributed by atoms with van der Waals surface area (Å²) in [5.74, 6) is -0.300. The van der Waals surface area contributed by atoms with Crippen LogP contribution in [-0.2, 0) is 16.1 Å². The molecule has 8 nitrogen and oxygen atoms in total. The molecule has 0 radical (unpaired) electrons. The Morgan fingerprint density at radius 1 is 1.28 bits per heavy atom. The van der Waals surface area contributed by atoms with E-state index in [2.05, 4.69) is 10.3 Å². The Morgan fingerprint density at radius 3 is 2.60 bits per heavy atom. The molecule has 1 aromatic heterocycles. The molecule has 8 heteroatoms. The van der Waals surface area contributed by atoms with Crippen molar-refractivity contribution < 1.29 is 14.7 Å². The maximum atomic E-state index is 12.4. The molecule has 132 valence electrons. The molecule has 1 aliphatic rings. The number of carbonyl (C=O) groups excluding carboxylic acids is 2. The van der Waals surface area contributed by atoms with Gasteiger partial charge in [0.1, 0.15) is 18.8 Å². The van der Waals surface area contributed by atoms with Crippen LogP contribution in [0.5, 0.6) is 0 Å². The number of amides is 2. The number of anilines is 1. The van der Waals surface area contributed by atoms with Crippen molar-refractivity contribution in [1.82, 2.24) is 19.9 Å². The van der Waals surface area contributed by atoms with Crippen molar-refractivity contribution in [3.8, 4) is 0 Å². The Balaban J connectivity index is 1.60. The van der Waals surface area contributed by atoms with Crippen LogP contribution in [0.2, 0.25) is 0 Å². The summed E-state index contributed by atoms with van der Waals surface area (Å²) >= 11 is 0. The van der Waals surface area contributed by atoms with E-state index in [1.54, 1.807) is 11.8 Å². The molecule has 1 atom stereocenters. The van der Waals surface area contributed by atoms with Gasteiger partial charge in [0, 0.05) is 18.8 Å². The molecule has 1 aliphatic heterocycles. The lowest BCUT2D eigenvalue weighted by molar-refractivity contribution is -0.137. The summed E-state index contributed by atoms with van der Waals surface area (Å²) < 4.78 is 1.38. The van der Waals surface area contributed by atoms with Crippen LogP contribution >= 0.6 is 0 Å². The first-order valence-corrected chi connectivity index (χ1v) is 8.17. The highest BCUT2D eigenvalue weighted by molar-refractivity contribution is 5.97. The number of piperazine rings is 1. The van der Waals surface area contributed by atoms with Gasteiger partial charge >= 0.3 is 0 Å². The first-order valence-electron chi connectivity index (χ1n) is 8.17. The minimum Gasteiger partial charge on any atom is -0.387 e. The molecule has 2 heterocycles. The fourth-order valence-electron chi connectivity index (χ4n) is 2.70. The highest BCUT2D eigenvalue weighted by atomic mass is 16.3. The van der Waals surface area contributed by atoms with Crippen molar-refractivity contribution in [2.24, 2.45) is 0 Å². The zero-order valence-electron chi connectivity index (χ0n) is 14.3. The number of aryl methyl sites for hydroxylation is 1. The van der Waals surface area contributed by atoms with Crippen molar-refractivity contribution in [3.63, 3.8) is 0 Å². The van der Waals surface area contributed by atoms with Gasteiger partial charge in [-0.05, 0) is 26.0 Å². The summed E-state index contributed by atoms with van der Waals surface area (Å²) in [7, 11) is 0. The van der Waals surface area contributed by atoms with Gasteiger partial charge in [0.05, 0.1) is 12.3 Å². The fraction of sp³-hybridized carbons (Fsp3) is 0.412. The highest BCUT2D eigenvalue weighted by Crippen LogP contribution is 2.18. The van der Waals surface area contributed by atoms with E-state index < -0.39 is 6.10 Å². The van der Waals surface area contributed by atoms with Crippen molar-refractivity contribution in [3.05, 3.63) is 41.7 Å². The number of aliphatic hydroxyl groups is 1. The lowest BCUT2D eigenvalue weighted by Crippen LogP contribution is -2.53. The van der Waals surface area contributed by atoms with Gasteiger partial charge in [0.2, 0.25) is 11.8 Å². The van der Waals surface area contributed by atoms with Gasteiger partial charge in [0.25, 0.3) is 0 Å². The quantitative estimate of drug-likeness (QED) is 0.874. The molecular formula is C17H21N5O3. The van der Waals surface area contributed by atoms with Crippen molar-refractivity contribution in [2.45, 2.75) is 26.5 Å². The summed E-state index contributed by atoms with van der Waals surface area (Å²) in [5.41, 5.74) is 2.39. The van der Waals surface area contributed by atoms with E-state index in [9.17, 15) is 14.7 Å². The van der Waals surface area contributed by atoms with Crippen LogP contribution in [0.1, 0.15) is 24.3 Å². The Labute approximate surface area is 145 Å². The Bertz CT molecular complexity index is 769. The topological polar surface area (TPSA) is 91.6 Å². The van der Waals surface area contributed by atoms with Gasteiger partial charge in [-0.25, -0.2) is 4.68 Å². The standard InChI is InChI=1S/C17H21N5O3/c1-12-3-5-14(6-4-12)22-8-7-20(10-17(22)25)16(24)11-21-9-15(13(2)23)18-19-21/h3-6,9,13,23H,7-8,10-11H2,1-2H3. The average molecular weight is 343 g/mol. The number of nitrogens with zero attached hydrogens (tertiary/aromatic N) is 5. The smallest absolute Gasteiger partial charge is 0.246 e. The number of carbonyl (C=O) groups is 2. The van der Waals surface area contributed by atoms with Crippen LogP contribution in [0.4, 0.5) is 5.69 Å². The van der Waals surface area contributed by atoms with E-state index in [0.717, 1.165) is 11.3 Å². The summed E-state index contributed by atoms with van der Waals surface area (Å²) in [6.45, 7) is 4.55. The van der Waals surface area contributed by atoms with Crippen molar-refractivity contribution in [1.29, 1.82) is 0 Å². The molecule has 3 rings (SSSR count). The Morgan fingerprint density at radius 2 is 2.00 bits per heavy atom. The zero-order valence-corrected chi connectivity index (χ0v) is 14.3. The second-order valence-electron chi connectivity index (χ2n) is 6.21. The van der Waals surface area contributed by atoms with Crippen LogP contribution < -0.4 is 4.90 Å². The molecule has 2 aromatic rings. The summed E-state index contributed by atoms with van der Waals surface area (Å²) in [6, 6.07) is 7.75. The molecule has 1 unspecified atom stereocenters. The predicted molar refractivity (Wildman–Crippen MR) is 90.8 cm³/mol. The summed E-state index contributed by atoms with van der Waals surface area (Å²) in [6.07, 6.45) is 0.802. The number of rotatable bonds is 4. The third-order valence-corrected chi connectivity index (χ3v) is 4.20. The third kappa shape index (κ3) is 3.85. The van der Waals surface area contributed by atoms with Gasteiger partial charge in [-0.15, -0.1) is 5.10 Å². The Hall–Kier alpha value is -2.74. The monoisotopic (exact) mass is 343 g/mol. The second kappa shape index (κ2) is 7.02. The molecule has 2 amide bonds. The van der Waals surface area contributed by atoms with Crippen molar-refractivity contribution >= 4 is 17.5 Å². The SMILES string of the molecule is Cc1ccc(N2CCN(C(=O)Cn3cc(C(C)O)nn3)CC2=O)cc1. The van der Waals surface area contributed by atoms with Crippen LogP contribution in [-0.4, -0.2) is 56.4 Å². The molecule has 25 heavy (non-hydrogen) atoms. The maximum absolute atomic E-state index is 12.4. The summed E-state index contributed by atoms with van der Waals surface area (Å²) in [4.78, 5) is 28.0. The minimum absolute atomic E-state index is 0.00245. The molecule has 0 bridgehead atoms.